The lowest BCUT2D eigenvalue weighted by Crippen LogP contribution is -2.17. The zero-order valence-corrected chi connectivity index (χ0v) is 9.04. The Morgan fingerprint density at radius 2 is 1.69 bits per heavy atom. The molecule has 2 nitrogen and oxygen atoms in total. The minimum absolute atomic E-state index is 0.0890. The van der Waals surface area contributed by atoms with E-state index in [1.54, 1.807) is 12.1 Å². The molecule has 0 heterocycles. The molecule has 1 aromatic rings. The lowest BCUT2D eigenvalue weighted by Gasteiger charge is -2.10. The van der Waals surface area contributed by atoms with Crippen LogP contribution in [0.2, 0.25) is 0 Å². The summed E-state index contributed by atoms with van der Waals surface area (Å²) in [7, 11) is 0. The molecule has 0 N–H and O–H groups in total. The number of ether oxygens (including phenoxy) is 2. The third kappa shape index (κ3) is 5.02. The van der Waals surface area contributed by atoms with Crippen LogP contribution in [0.1, 0.15) is 19.4 Å². The van der Waals surface area contributed by atoms with Gasteiger partial charge in [0, 0.05) is 0 Å². The smallest absolute Gasteiger partial charge is 0.406 e. The van der Waals surface area contributed by atoms with Gasteiger partial charge in [-0.1, -0.05) is 12.1 Å². The molecule has 0 aliphatic heterocycles. The van der Waals surface area contributed by atoms with Crippen molar-refractivity contribution in [2.75, 3.05) is 0 Å². The largest absolute Gasteiger partial charge is 0.573 e. The normalized spacial score (nSPS) is 11.9. The first-order valence-corrected chi connectivity index (χ1v) is 4.83. The van der Waals surface area contributed by atoms with Gasteiger partial charge in [-0.2, -0.15) is 0 Å². The summed E-state index contributed by atoms with van der Waals surface area (Å²) < 4.78 is 44.6. The third-order valence-electron chi connectivity index (χ3n) is 1.74. The van der Waals surface area contributed by atoms with E-state index in [1.807, 2.05) is 13.8 Å². The average molecular weight is 234 g/mol. The van der Waals surface area contributed by atoms with Gasteiger partial charge in [0.2, 0.25) is 0 Å². The molecule has 0 aromatic heterocycles. The Kier molecular flexibility index (Phi) is 4.18. The van der Waals surface area contributed by atoms with Crippen LogP contribution in [-0.4, -0.2) is 12.5 Å². The first kappa shape index (κ1) is 12.8. The summed E-state index contributed by atoms with van der Waals surface area (Å²) in [5.41, 5.74) is 0.809. The zero-order valence-electron chi connectivity index (χ0n) is 9.04. The molecule has 0 bridgehead atoms. The van der Waals surface area contributed by atoms with E-state index >= 15 is 0 Å². The maximum Gasteiger partial charge on any atom is 0.573 e. The summed E-state index contributed by atoms with van der Waals surface area (Å²) in [6.45, 7) is 4.16. The van der Waals surface area contributed by atoms with Crippen molar-refractivity contribution in [3.8, 4) is 5.75 Å². The predicted octanol–water partition coefficient (Wildman–Crippen LogP) is 3.51. The van der Waals surface area contributed by atoms with Gasteiger partial charge in [-0.05, 0) is 31.5 Å². The zero-order chi connectivity index (χ0) is 12.2. The Labute approximate surface area is 92.0 Å². The van der Waals surface area contributed by atoms with Crippen LogP contribution in [0.5, 0.6) is 5.75 Å². The maximum absolute atomic E-state index is 11.8. The molecule has 16 heavy (non-hydrogen) atoms. The molecular formula is C11H13F3O2. The molecule has 1 rings (SSSR count). The molecule has 5 heteroatoms. The highest BCUT2D eigenvalue weighted by Crippen LogP contribution is 2.22. The fourth-order valence-electron chi connectivity index (χ4n) is 1.05. The molecule has 0 atom stereocenters. The molecule has 1 aromatic carbocycles. The topological polar surface area (TPSA) is 18.5 Å². The summed E-state index contributed by atoms with van der Waals surface area (Å²) >= 11 is 0. The summed E-state index contributed by atoms with van der Waals surface area (Å²) in [4.78, 5) is 0. The lowest BCUT2D eigenvalue weighted by molar-refractivity contribution is -0.274. The van der Waals surface area contributed by atoms with E-state index in [9.17, 15) is 13.2 Å². The van der Waals surface area contributed by atoms with Crippen LogP contribution >= 0.6 is 0 Å². The SMILES string of the molecule is CC(C)OCc1ccc(OC(F)(F)F)cc1. The van der Waals surface area contributed by atoms with Crippen LogP contribution in [-0.2, 0) is 11.3 Å². The van der Waals surface area contributed by atoms with Crippen molar-refractivity contribution in [2.24, 2.45) is 0 Å². The molecule has 0 fully saturated rings. The number of rotatable bonds is 4. The van der Waals surface area contributed by atoms with Gasteiger partial charge in [-0.3, -0.25) is 0 Å². The minimum Gasteiger partial charge on any atom is -0.406 e. The lowest BCUT2D eigenvalue weighted by atomic mass is 10.2. The Morgan fingerprint density at radius 1 is 1.12 bits per heavy atom. The second-order valence-electron chi connectivity index (χ2n) is 3.55. The van der Waals surface area contributed by atoms with Crippen LogP contribution in [0.3, 0.4) is 0 Å². The molecular weight excluding hydrogens is 221 g/mol. The second kappa shape index (κ2) is 5.21. The number of hydrogen-bond donors (Lipinski definition) is 0. The van der Waals surface area contributed by atoms with Crippen molar-refractivity contribution < 1.29 is 22.6 Å². The fraction of sp³-hybridized carbons (Fsp3) is 0.455. The Hall–Kier alpha value is -1.23. The van der Waals surface area contributed by atoms with Crippen LogP contribution < -0.4 is 4.74 Å². The summed E-state index contributed by atoms with van der Waals surface area (Å²) in [6, 6.07) is 5.63. The highest BCUT2D eigenvalue weighted by molar-refractivity contribution is 5.27. The highest BCUT2D eigenvalue weighted by atomic mass is 19.4. The van der Waals surface area contributed by atoms with Crippen LogP contribution in [0.15, 0.2) is 24.3 Å². The molecule has 90 valence electrons. The Balaban J connectivity index is 2.54. The van der Waals surface area contributed by atoms with E-state index in [-0.39, 0.29) is 11.9 Å². The van der Waals surface area contributed by atoms with E-state index < -0.39 is 6.36 Å². The van der Waals surface area contributed by atoms with Crippen molar-refractivity contribution in [1.29, 1.82) is 0 Å². The van der Waals surface area contributed by atoms with Crippen LogP contribution in [0, 0.1) is 0 Å². The highest BCUT2D eigenvalue weighted by Gasteiger charge is 2.30. The van der Waals surface area contributed by atoms with Gasteiger partial charge < -0.3 is 9.47 Å². The van der Waals surface area contributed by atoms with Gasteiger partial charge in [0.25, 0.3) is 0 Å². The second-order valence-corrected chi connectivity index (χ2v) is 3.55. The number of halogens is 3. The molecule has 0 saturated heterocycles. The summed E-state index contributed by atoms with van der Waals surface area (Å²) in [5, 5.41) is 0. The van der Waals surface area contributed by atoms with Gasteiger partial charge in [-0.15, -0.1) is 13.2 Å². The van der Waals surface area contributed by atoms with E-state index in [0.29, 0.717) is 6.61 Å². The van der Waals surface area contributed by atoms with E-state index in [0.717, 1.165) is 5.56 Å². The summed E-state index contributed by atoms with van der Waals surface area (Å²) in [5.74, 6) is -0.221. The van der Waals surface area contributed by atoms with E-state index in [4.69, 9.17) is 4.74 Å². The number of hydrogen-bond acceptors (Lipinski definition) is 2. The van der Waals surface area contributed by atoms with Crippen molar-refractivity contribution in [2.45, 2.75) is 32.9 Å². The van der Waals surface area contributed by atoms with Crippen molar-refractivity contribution in [3.63, 3.8) is 0 Å². The van der Waals surface area contributed by atoms with Gasteiger partial charge in [0.05, 0.1) is 12.7 Å². The van der Waals surface area contributed by atoms with Gasteiger partial charge in [-0.25, -0.2) is 0 Å². The van der Waals surface area contributed by atoms with Crippen molar-refractivity contribution in [1.82, 2.24) is 0 Å². The van der Waals surface area contributed by atoms with E-state index in [1.165, 1.54) is 12.1 Å². The Morgan fingerprint density at radius 3 is 2.12 bits per heavy atom. The first-order valence-electron chi connectivity index (χ1n) is 4.83. The molecule has 0 saturated carbocycles. The predicted molar refractivity (Wildman–Crippen MR) is 53.1 cm³/mol. The number of alkyl halides is 3. The van der Waals surface area contributed by atoms with Crippen LogP contribution in [0.4, 0.5) is 13.2 Å². The Bertz CT molecular complexity index is 317. The molecule has 0 aliphatic rings. The molecule has 0 amide bonds. The standard InChI is InChI=1S/C11H13F3O2/c1-8(2)15-7-9-3-5-10(6-4-9)16-11(12,13)14/h3-6,8H,7H2,1-2H3. The average Bonchev–Trinajstić information content (AvgIpc) is 2.14. The third-order valence-corrected chi connectivity index (χ3v) is 1.74. The summed E-state index contributed by atoms with van der Waals surface area (Å²) in [6.07, 6.45) is -4.55. The van der Waals surface area contributed by atoms with Gasteiger partial charge in [0.15, 0.2) is 0 Å². The quantitative estimate of drug-likeness (QED) is 0.793. The van der Waals surface area contributed by atoms with Gasteiger partial charge in [0.1, 0.15) is 5.75 Å². The number of benzene rings is 1. The maximum atomic E-state index is 11.8. The molecule has 0 radical (unpaired) electrons. The van der Waals surface area contributed by atoms with Crippen molar-refractivity contribution >= 4 is 0 Å². The fourth-order valence-corrected chi connectivity index (χ4v) is 1.05. The minimum atomic E-state index is -4.64. The first-order chi connectivity index (χ1) is 7.37. The van der Waals surface area contributed by atoms with Crippen molar-refractivity contribution in [3.05, 3.63) is 29.8 Å². The molecule has 0 aliphatic carbocycles. The van der Waals surface area contributed by atoms with E-state index in [2.05, 4.69) is 4.74 Å². The molecule has 0 unspecified atom stereocenters. The van der Waals surface area contributed by atoms with Gasteiger partial charge >= 0.3 is 6.36 Å². The van der Waals surface area contributed by atoms with Crippen LogP contribution in [0.25, 0.3) is 0 Å². The monoisotopic (exact) mass is 234 g/mol. The molecule has 0 spiro atoms.